The number of hydrazine groups is 1. The molecule has 2 heterocycles. The van der Waals surface area contributed by atoms with E-state index in [0.717, 1.165) is 0 Å². The van der Waals surface area contributed by atoms with Crippen molar-refractivity contribution in [2.24, 2.45) is 5.84 Å². The van der Waals surface area contributed by atoms with Gasteiger partial charge in [0, 0.05) is 6.07 Å². The molecule has 92 valence electrons. The third-order valence-electron chi connectivity index (χ3n) is 2.48. The highest BCUT2D eigenvalue weighted by atomic mass is 16.7. The molecule has 1 aliphatic rings. The second kappa shape index (κ2) is 4.00. The zero-order valence-corrected chi connectivity index (χ0v) is 9.16. The topological polar surface area (TPSA) is 104 Å². The fourth-order valence-corrected chi connectivity index (χ4v) is 1.60. The van der Waals surface area contributed by atoms with E-state index in [2.05, 4.69) is 10.3 Å². The summed E-state index contributed by atoms with van der Waals surface area (Å²) in [6, 6.07) is 5.30. The molecule has 1 aromatic carbocycles. The smallest absolute Gasteiger partial charge is 0.287 e. The van der Waals surface area contributed by atoms with Crippen LogP contribution in [0, 0.1) is 0 Å². The van der Waals surface area contributed by atoms with Gasteiger partial charge in [-0.1, -0.05) is 5.21 Å². The van der Waals surface area contributed by atoms with Crippen molar-refractivity contribution in [3.05, 3.63) is 30.1 Å². The Hall–Kier alpha value is -2.61. The van der Waals surface area contributed by atoms with Gasteiger partial charge in [-0.3, -0.25) is 10.2 Å². The number of aromatic nitrogens is 3. The molecule has 3 N–H and O–H groups in total. The fraction of sp³-hybridized carbons (Fsp3) is 0.100. The number of ether oxygens (including phenoxy) is 2. The molecule has 0 saturated carbocycles. The number of hydrogen-bond acceptors (Lipinski definition) is 6. The summed E-state index contributed by atoms with van der Waals surface area (Å²) in [5.74, 6) is 5.83. The number of fused-ring (bicyclic) bond motifs is 1. The monoisotopic (exact) mass is 247 g/mol. The summed E-state index contributed by atoms with van der Waals surface area (Å²) in [5, 5.41) is 7.54. The van der Waals surface area contributed by atoms with Crippen molar-refractivity contribution < 1.29 is 14.3 Å². The summed E-state index contributed by atoms with van der Waals surface area (Å²) in [5.41, 5.74) is 2.83. The van der Waals surface area contributed by atoms with Crippen LogP contribution < -0.4 is 20.7 Å². The van der Waals surface area contributed by atoms with E-state index in [-0.39, 0.29) is 12.5 Å². The number of amides is 1. The van der Waals surface area contributed by atoms with Crippen molar-refractivity contribution in [1.29, 1.82) is 0 Å². The zero-order valence-electron chi connectivity index (χ0n) is 9.16. The molecule has 0 unspecified atom stereocenters. The van der Waals surface area contributed by atoms with Crippen molar-refractivity contribution in [3.8, 4) is 17.2 Å². The van der Waals surface area contributed by atoms with E-state index >= 15 is 0 Å². The highest BCUT2D eigenvalue weighted by molar-refractivity contribution is 5.91. The maximum atomic E-state index is 11.2. The van der Waals surface area contributed by atoms with E-state index < -0.39 is 5.91 Å². The lowest BCUT2D eigenvalue weighted by Crippen LogP contribution is -2.30. The summed E-state index contributed by atoms with van der Waals surface area (Å²) in [7, 11) is 0. The van der Waals surface area contributed by atoms with Crippen LogP contribution in [-0.4, -0.2) is 27.7 Å². The minimum atomic E-state index is -0.498. The number of nitrogens with zero attached hydrogens (tertiary/aromatic N) is 3. The summed E-state index contributed by atoms with van der Waals surface area (Å²) in [6.07, 6.45) is 1.47. The number of rotatable bonds is 2. The largest absolute Gasteiger partial charge is 0.454 e. The van der Waals surface area contributed by atoms with Gasteiger partial charge in [-0.05, 0) is 12.1 Å². The Kier molecular flexibility index (Phi) is 2.34. The van der Waals surface area contributed by atoms with Crippen molar-refractivity contribution >= 4 is 5.91 Å². The summed E-state index contributed by atoms with van der Waals surface area (Å²) >= 11 is 0. The fourth-order valence-electron chi connectivity index (χ4n) is 1.60. The average molecular weight is 247 g/mol. The maximum Gasteiger partial charge on any atom is 0.287 e. The molecule has 18 heavy (non-hydrogen) atoms. The number of nitrogens with one attached hydrogen (secondary N) is 1. The molecule has 0 aliphatic carbocycles. The van der Waals surface area contributed by atoms with Crippen LogP contribution in [0.4, 0.5) is 0 Å². The first-order valence-electron chi connectivity index (χ1n) is 5.11. The first-order valence-corrected chi connectivity index (χ1v) is 5.11. The van der Waals surface area contributed by atoms with Crippen LogP contribution in [0.3, 0.4) is 0 Å². The van der Waals surface area contributed by atoms with Crippen molar-refractivity contribution in [1.82, 2.24) is 20.4 Å². The van der Waals surface area contributed by atoms with E-state index in [4.69, 9.17) is 15.3 Å². The van der Waals surface area contributed by atoms with Crippen LogP contribution in [0.1, 0.15) is 10.5 Å². The summed E-state index contributed by atoms with van der Waals surface area (Å²) in [6.45, 7) is 0.205. The number of benzene rings is 1. The average Bonchev–Trinajstić information content (AvgIpc) is 3.05. The second-order valence-corrected chi connectivity index (χ2v) is 3.56. The Balaban J connectivity index is 1.95. The van der Waals surface area contributed by atoms with Gasteiger partial charge in [-0.2, -0.15) is 0 Å². The number of carbonyl (C=O) groups is 1. The van der Waals surface area contributed by atoms with Crippen LogP contribution in [-0.2, 0) is 0 Å². The molecule has 1 aromatic heterocycles. The molecule has 8 heteroatoms. The molecule has 0 radical (unpaired) electrons. The molecule has 0 bridgehead atoms. The number of nitrogens with two attached hydrogens (primary N) is 1. The van der Waals surface area contributed by atoms with Crippen LogP contribution in [0.15, 0.2) is 24.4 Å². The lowest BCUT2D eigenvalue weighted by Gasteiger charge is -2.01. The molecule has 0 atom stereocenters. The Morgan fingerprint density at radius 1 is 1.39 bits per heavy atom. The normalized spacial score (nSPS) is 12.5. The lowest BCUT2D eigenvalue weighted by atomic mass is 10.3. The first kappa shape index (κ1) is 10.5. The number of hydrogen-bond donors (Lipinski definition) is 2. The molecule has 0 spiro atoms. The molecule has 2 aromatic rings. The molecule has 0 fully saturated rings. The standard InChI is InChI=1S/C10H9N5O3/c11-12-10(16)7-4-15(14-13-7)6-1-2-8-9(3-6)18-5-17-8/h1-4H,5,11H2,(H,12,16). The zero-order chi connectivity index (χ0) is 12.5. The van der Waals surface area contributed by atoms with E-state index in [1.165, 1.54) is 10.9 Å². The minimum absolute atomic E-state index is 0.134. The second-order valence-electron chi connectivity index (χ2n) is 3.56. The minimum Gasteiger partial charge on any atom is -0.454 e. The van der Waals surface area contributed by atoms with Gasteiger partial charge in [-0.25, -0.2) is 10.5 Å². The predicted molar refractivity (Wildman–Crippen MR) is 59.1 cm³/mol. The van der Waals surface area contributed by atoms with Gasteiger partial charge in [0.15, 0.2) is 17.2 Å². The molecule has 0 saturated heterocycles. The molecular formula is C10H9N5O3. The van der Waals surface area contributed by atoms with Crippen LogP contribution in [0.2, 0.25) is 0 Å². The molecule has 8 nitrogen and oxygen atoms in total. The molecule has 3 rings (SSSR count). The van der Waals surface area contributed by atoms with Crippen molar-refractivity contribution in [2.75, 3.05) is 6.79 Å². The van der Waals surface area contributed by atoms with Gasteiger partial charge in [0.25, 0.3) is 5.91 Å². The van der Waals surface area contributed by atoms with E-state index in [1.54, 1.807) is 18.2 Å². The van der Waals surface area contributed by atoms with Gasteiger partial charge in [-0.15, -0.1) is 5.10 Å². The number of carbonyl (C=O) groups excluding carboxylic acids is 1. The van der Waals surface area contributed by atoms with Crippen LogP contribution in [0.25, 0.3) is 5.69 Å². The third kappa shape index (κ3) is 1.64. The summed E-state index contributed by atoms with van der Waals surface area (Å²) < 4.78 is 11.9. The Morgan fingerprint density at radius 3 is 3.06 bits per heavy atom. The molecule has 1 aliphatic heterocycles. The van der Waals surface area contributed by atoms with Gasteiger partial charge < -0.3 is 9.47 Å². The Bertz CT molecular complexity index is 609. The van der Waals surface area contributed by atoms with Crippen molar-refractivity contribution in [3.63, 3.8) is 0 Å². The van der Waals surface area contributed by atoms with Gasteiger partial charge in [0.05, 0.1) is 11.9 Å². The van der Waals surface area contributed by atoms with Gasteiger partial charge >= 0.3 is 0 Å². The number of nitrogen functional groups attached to an aromatic ring is 1. The van der Waals surface area contributed by atoms with Gasteiger partial charge in [0.2, 0.25) is 6.79 Å². The van der Waals surface area contributed by atoms with E-state index in [1.807, 2.05) is 5.43 Å². The molecule has 1 amide bonds. The van der Waals surface area contributed by atoms with Crippen LogP contribution >= 0.6 is 0 Å². The van der Waals surface area contributed by atoms with E-state index in [0.29, 0.717) is 17.2 Å². The Morgan fingerprint density at radius 2 is 2.22 bits per heavy atom. The highest BCUT2D eigenvalue weighted by Gasteiger charge is 2.15. The summed E-state index contributed by atoms with van der Waals surface area (Å²) in [4.78, 5) is 11.2. The quantitative estimate of drug-likeness (QED) is 0.425. The van der Waals surface area contributed by atoms with Crippen LogP contribution in [0.5, 0.6) is 11.5 Å². The van der Waals surface area contributed by atoms with Crippen molar-refractivity contribution in [2.45, 2.75) is 0 Å². The van der Waals surface area contributed by atoms with Gasteiger partial charge in [0.1, 0.15) is 0 Å². The first-order chi connectivity index (χ1) is 8.78. The lowest BCUT2D eigenvalue weighted by molar-refractivity contribution is 0.0948. The Labute approximate surface area is 101 Å². The maximum absolute atomic E-state index is 11.2. The molecular weight excluding hydrogens is 238 g/mol. The highest BCUT2D eigenvalue weighted by Crippen LogP contribution is 2.33. The predicted octanol–water partition coefficient (Wildman–Crippen LogP) is -0.401. The SMILES string of the molecule is NNC(=O)c1cn(-c2ccc3c(c2)OCO3)nn1. The third-order valence-corrected chi connectivity index (χ3v) is 2.48. The van der Waals surface area contributed by atoms with E-state index in [9.17, 15) is 4.79 Å².